The van der Waals surface area contributed by atoms with E-state index in [2.05, 4.69) is 52.0 Å². The molecule has 0 N–H and O–H groups in total. The average Bonchev–Trinajstić information content (AvgIpc) is 3.07. The molecule has 0 unspecified atom stereocenters. The van der Waals surface area contributed by atoms with Crippen molar-refractivity contribution in [3.63, 3.8) is 0 Å². The van der Waals surface area contributed by atoms with Crippen LogP contribution in [0.2, 0.25) is 0 Å². The minimum atomic E-state index is 0.395. The van der Waals surface area contributed by atoms with Crippen molar-refractivity contribution >= 4 is 0 Å². The fraction of sp³-hybridized carbons (Fsp3) is 0.368. The lowest BCUT2D eigenvalue weighted by Gasteiger charge is -2.56. The van der Waals surface area contributed by atoms with Crippen LogP contribution in [-0.2, 0) is 12.8 Å². The molecule has 4 atom stereocenters. The summed E-state index contributed by atoms with van der Waals surface area (Å²) < 4.78 is 0. The van der Waals surface area contributed by atoms with Crippen molar-refractivity contribution in [1.29, 1.82) is 0 Å². The zero-order valence-electron chi connectivity index (χ0n) is 25.7. The quantitative estimate of drug-likeness (QED) is 0.215. The lowest BCUT2D eigenvalue weighted by atomic mass is 9.48. The fourth-order valence-electron chi connectivity index (χ4n) is 8.55. The predicted molar refractivity (Wildman–Crippen MR) is 172 cm³/mol. The van der Waals surface area contributed by atoms with Crippen LogP contribution in [0, 0.1) is 22.7 Å². The maximum absolute atomic E-state index is 5.08. The minimum Gasteiger partial charge on any atom is -0.251 e. The third-order valence-corrected chi connectivity index (χ3v) is 11.8. The van der Waals surface area contributed by atoms with E-state index in [0.717, 1.165) is 70.2 Å². The molecule has 0 spiro atoms. The molecule has 0 saturated heterocycles. The van der Waals surface area contributed by atoms with E-state index in [0.29, 0.717) is 22.7 Å². The van der Waals surface area contributed by atoms with Gasteiger partial charge in [-0.2, -0.15) is 0 Å². The van der Waals surface area contributed by atoms with Crippen molar-refractivity contribution in [3.05, 3.63) is 95.6 Å². The lowest BCUT2D eigenvalue weighted by molar-refractivity contribution is 0.0170. The first kappa shape index (κ1) is 26.1. The molecule has 2 fully saturated rings. The molecular formula is C38H36N6. The minimum absolute atomic E-state index is 0.395. The summed E-state index contributed by atoms with van der Waals surface area (Å²) in [6.45, 7) is 9.62. The Labute approximate surface area is 258 Å². The van der Waals surface area contributed by atoms with E-state index in [4.69, 9.17) is 29.9 Å². The highest BCUT2D eigenvalue weighted by atomic mass is 14.9. The van der Waals surface area contributed by atoms with Gasteiger partial charge >= 0.3 is 0 Å². The Balaban J connectivity index is 0.965. The molecule has 0 aromatic carbocycles. The standard InChI is InChI=1S/C38H36N6/c1-37(2)21-15-25(37)23-11-13-31(43-33(23)17-21)27-7-5-9-29(41-27)35-19-40-36(20-39-35)30-10-6-8-28(42-30)32-14-12-24-26-16-22(38(26,3)4)18-34(24)44-32/h5-14,19-22,25-26H,15-18H2,1-4H3/t21-,22-,25+,26+/m0/s1. The number of nitrogens with zero attached hydrogens (tertiary/aromatic N) is 6. The van der Waals surface area contributed by atoms with Crippen LogP contribution in [0.15, 0.2) is 73.1 Å². The topological polar surface area (TPSA) is 77.3 Å². The Bertz CT molecular complexity index is 1820. The number of pyridine rings is 4. The number of aromatic nitrogens is 6. The molecule has 6 aliphatic rings. The Morgan fingerprint density at radius 2 is 0.864 bits per heavy atom. The van der Waals surface area contributed by atoms with Crippen LogP contribution in [0.25, 0.3) is 45.6 Å². The molecule has 5 aromatic rings. The summed E-state index contributed by atoms with van der Waals surface area (Å²) in [5.74, 6) is 2.73. The van der Waals surface area contributed by atoms with Gasteiger partial charge in [-0.3, -0.25) is 19.9 Å². The summed E-state index contributed by atoms with van der Waals surface area (Å²) in [5, 5.41) is 0. The molecule has 11 rings (SSSR count). The van der Waals surface area contributed by atoms with Crippen LogP contribution in [0.4, 0.5) is 0 Å². The monoisotopic (exact) mass is 576 g/mol. The highest BCUT2D eigenvalue weighted by molar-refractivity contribution is 5.65. The van der Waals surface area contributed by atoms with E-state index >= 15 is 0 Å². The van der Waals surface area contributed by atoms with Crippen LogP contribution in [0.3, 0.4) is 0 Å². The predicted octanol–water partition coefficient (Wildman–Crippen LogP) is 8.10. The Kier molecular flexibility index (Phi) is 5.40. The normalized spacial score (nSPS) is 24.8. The smallest absolute Gasteiger partial charge is 0.107 e. The Hall–Kier alpha value is -4.32. The number of rotatable bonds is 4. The first-order chi connectivity index (χ1) is 21.3. The Morgan fingerprint density at radius 1 is 0.477 bits per heavy atom. The summed E-state index contributed by atoms with van der Waals surface area (Å²) in [6, 6.07) is 20.9. The van der Waals surface area contributed by atoms with Crippen LogP contribution < -0.4 is 0 Å². The van der Waals surface area contributed by atoms with Gasteiger partial charge in [0.25, 0.3) is 0 Å². The molecule has 5 aromatic heterocycles. The highest BCUT2D eigenvalue weighted by Gasteiger charge is 2.53. The van der Waals surface area contributed by atoms with Gasteiger partial charge in [-0.15, -0.1) is 0 Å². The molecule has 0 amide bonds. The summed E-state index contributed by atoms with van der Waals surface area (Å²) in [5.41, 5.74) is 12.7. The van der Waals surface area contributed by atoms with Crippen molar-refractivity contribution in [2.75, 3.05) is 0 Å². The van der Waals surface area contributed by atoms with Gasteiger partial charge in [-0.25, -0.2) is 9.97 Å². The number of hydrogen-bond acceptors (Lipinski definition) is 6. The van der Waals surface area contributed by atoms with Crippen molar-refractivity contribution < 1.29 is 0 Å². The molecule has 2 saturated carbocycles. The second-order valence-corrected chi connectivity index (χ2v) is 14.6. The van der Waals surface area contributed by atoms with Gasteiger partial charge in [-0.1, -0.05) is 52.0 Å². The molecule has 6 heteroatoms. The van der Waals surface area contributed by atoms with E-state index in [-0.39, 0.29) is 0 Å². The highest BCUT2D eigenvalue weighted by Crippen LogP contribution is 2.62. The summed E-state index contributed by atoms with van der Waals surface area (Å²) in [7, 11) is 0. The molecule has 218 valence electrons. The van der Waals surface area contributed by atoms with Crippen molar-refractivity contribution in [2.24, 2.45) is 22.7 Å². The molecule has 6 nitrogen and oxygen atoms in total. The number of hydrogen-bond donors (Lipinski definition) is 0. The molecule has 44 heavy (non-hydrogen) atoms. The third-order valence-electron chi connectivity index (χ3n) is 11.8. The fourth-order valence-corrected chi connectivity index (χ4v) is 8.55. The first-order valence-corrected chi connectivity index (χ1v) is 16.0. The largest absolute Gasteiger partial charge is 0.251 e. The second kappa shape index (κ2) is 9.10. The molecule has 6 aliphatic carbocycles. The third kappa shape index (κ3) is 3.79. The molecule has 5 heterocycles. The van der Waals surface area contributed by atoms with Crippen LogP contribution in [-0.4, -0.2) is 29.9 Å². The first-order valence-electron chi connectivity index (χ1n) is 16.0. The van der Waals surface area contributed by atoms with Gasteiger partial charge < -0.3 is 0 Å². The van der Waals surface area contributed by atoms with Crippen LogP contribution in [0.1, 0.15) is 74.9 Å². The molecule has 4 bridgehead atoms. The zero-order chi connectivity index (χ0) is 29.8. The van der Waals surface area contributed by atoms with Gasteiger partial charge in [-0.05, 0) is 108 Å². The van der Waals surface area contributed by atoms with E-state index in [9.17, 15) is 0 Å². The van der Waals surface area contributed by atoms with Crippen LogP contribution >= 0.6 is 0 Å². The van der Waals surface area contributed by atoms with E-state index in [1.807, 2.05) is 36.4 Å². The summed E-state index contributed by atoms with van der Waals surface area (Å²) in [6.07, 6.45) is 8.31. The SMILES string of the molecule is CC1(C)[C@@H]2Cc3nc(-c4cccc(-c5cnc(-c6cccc(-c7ccc8c(n7)C[C@@H]7C[C@H]8C7(C)C)n6)cn5)n4)ccc3[C@H]1C2. The van der Waals surface area contributed by atoms with Crippen molar-refractivity contribution in [1.82, 2.24) is 29.9 Å². The van der Waals surface area contributed by atoms with E-state index in [1.54, 1.807) is 12.4 Å². The summed E-state index contributed by atoms with van der Waals surface area (Å²) >= 11 is 0. The van der Waals surface area contributed by atoms with Crippen LogP contribution in [0.5, 0.6) is 0 Å². The Morgan fingerprint density at radius 3 is 1.25 bits per heavy atom. The van der Waals surface area contributed by atoms with Gasteiger partial charge in [0.15, 0.2) is 0 Å². The van der Waals surface area contributed by atoms with E-state index < -0.39 is 0 Å². The van der Waals surface area contributed by atoms with Gasteiger partial charge in [0, 0.05) is 11.4 Å². The average molecular weight is 577 g/mol. The lowest BCUT2D eigenvalue weighted by Crippen LogP contribution is -2.48. The van der Waals surface area contributed by atoms with E-state index in [1.165, 1.54) is 35.4 Å². The van der Waals surface area contributed by atoms with Gasteiger partial charge in [0.1, 0.15) is 11.4 Å². The van der Waals surface area contributed by atoms with Gasteiger partial charge in [0.2, 0.25) is 0 Å². The van der Waals surface area contributed by atoms with Crippen molar-refractivity contribution in [3.8, 4) is 45.6 Å². The maximum atomic E-state index is 5.08. The maximum Gasteiger partial charge on any atom is 0.107 e. The zero-order valence-corrected chi connectivity index (χ0v) is 25.7. The molecule has 0 radical (unpaired) electrons. The molecular weight excluding hydrogens is 540 g/mol. The molecule has 0 aliphatic heterocycles. The summed E-state index contributed by atoms with van der Waals surface area (Å²) in [4.78, 5) is 29.5. The second-order valence-electron chi connectivity index (χ2n) is 14.6. The van der Waals surface area contributed by atoms with Gasteiger partial charge in [0.05, 0.1) is 46.6 Å². The van der Waals surface area contributed by atoms with Crippen molar-refractivity contribution in [2.45, 2.75) is 65.2 Å².